The lowest BCUT2D eigenvalue weighted by molar-refractivity contribution is -0.133. The van der Waals surface area contributed by atoms with E-state index in [9.17, 15) is 14.4 Å². The highest BCUT2D eigenvalue weighted by Crippen LogP contribution is 2.17. The van der Waals surface area contributed by atoms with Crippen LogP contribution in [0, 0.1) is 20.8 Å². The predicted octanol–water partition coefficient (Wildman–Crippen LogP) is 2.83. The van der Waals surface area contributed by atoms with Gasteiger partial charge in [-0.3, -0.25) is 14.4 Å². The number of carbonyl (C=O) groups excluding carboxylic acids is 3. The van der Waals surface area contributed by atoms with Gasteiger partial charge in [-0.25, -0.2) is 0 Å². The molecule has 6 heteroatoms. The first-order valence-corrected chi connectivity index (χ1v) is 9.23. The lowest BCUT2D eigenvalue weighted by Gasteiger charge is -2.18. The minimum atomic E-state index is -0.256. The van der Waals surface area contributed by atoms with Gasteiger partial charge in [0.25, 0.3) is 5.91 Å². The Kier molecular flexibility index (Phi) is 7.32. The summed E-state index contributed by atoms with van der Waals surface area (Å²) in [5, 5.41) is 5.57. The molecule has 0 saturated carbocycles. The van der Waals surface area contributed by atoms with Gasteiger partial charge in [-0.1, -0.05) is 29.8 Å². The van der Waals surface area contributed by atoms with Crippen molar-refractivity contribution in [2.45, 2.75) is 27.2 Å². The maximum absolute atomic E-state index is 12.2. The molecule has 148 valence electrons. The number of benzene rings is 2. The largest absolute Gasteiger partial charge is 0.352 e. The molecular formula is C22H27N3O3. The summed E-state index contributed by atoms with van der Waals surface area (Å²) >= 11 is 0. The van der Waals surface area contributed by atoms with Crippen LogP contribution in [0.15, 0.2) is 42.5 Å². The summed E-state index contributed by atoms with van der Waals surface area (Å²) in [7, 11) is 1.58. The van der Waals surface area contributed by atoms with Crippen LogP contribution in [0.1, 0.15) is 33.5 Å². The molecule has 0 aliphatic heterocycles. The van der Waals surface area contributed by atoms with Gasteiger partial charge in [0.2, 0.25) is 11.8 Å². The van der Waals surface area contributed by atoms with Crippen molar-refractivity contribution >= 4 is 23.4 Å². The molecule has 0 aliphatic carbocycles. The molecule has 0 saturated heterocycles. The average molecular weight is 381 g/mol. The van der Waals surface area contributed by atoms with E-state index in [0.29, 0.717) is 5.56 Å². The monoisotopic (exact) mass is 381 g/mol. The third-order valence-corrected chi connectivity index (χ3v) is 4.59. The fourth-order valence-corrected chi connectivity index (χ4v) is 2.74. The Labute approximate surface area is 165 Å². The Morgan fingerprint density at radius 3 is 2.43 bits per heavy atom. The van der Waals surface area contributed by atoms with Crippen LogP contribution in [-0.4, -0.2) is 42.8 Å². The Morgan fingerprint density at radius 1 is 1.00 bits per heavy atom. The summed E-state index contributed by atoms with van der Waals surface area (Å²) in [4.78, 5) is 37.9. The topological polar surface area (TPSA) is 78.5 Å². The van der Waals surface area contributed by atoms with Gasteiger partial charge in [0.15, 0.2) is 0 Å². The average Bonchev–Trinajstić information content (AvgIpc) is 2.65. The molecule has 2 rings (SSSR count). The molecule has 0 radical (unpaired) electrons. The molecule has 0 atom stereocenters. The van der Waals surface area contributed by atoms with E-state index >= 15 is 0 Å². The zero-order valence-corrected chi connectivity index (χ0v) is 16.8. The zero-order chi connectivity index (χ0) is 20.7. The van der Waals surface area contributed by atoms with Crippen LogP contribution in [0.25, 0.3) is 0 Å². The van der Waals surface area contributed by atoms with E-state index in [2.05, 4.69) is 10.6 Å². The predicted molar refractivity (Wildman–Crippen MR) is 110 cm³/mol. The minimum Gasteiger partial charge on any atom is -0.352 e. The van der Waals surface area contributed by atoms with Crippen molar-refractivity contribution in [3.8, 4) is 0 Å². The standard InChI is InChI=1S/C22H27N3O3/c1-15-7-5-9-18(13-15)22(28)23-12-11-21(27)25(4)14-20(26)24-19-10-6-8-16(2)17(19)3/h5-10,13H,11-12,14H2,1-4H3,(H,23,28)(H,24,26). The summed E-state index contributed by atoms with van der Waals surface area (Å²) in [5.41, 5.74) is 4.40. The fraction of sp³-hybridized carbons (Fsp3) is 0.318. The SMILES string of the molecule is Cc1cccc(C(=O)NCCC(=O)N(C)CC(=O)Nc2cccc(C)c2C)c1. The third kappa shape index (κ3) is 5.94. The van der Waals surface area contributed by atoms with Crippen molar-refractivity contribution in [2.24, 2.45) is 0 Å². The zero-order valence-electron chi connectivity index (χ0n) is 16.8. The van der Waals surface area contributed by atoms with E-state index in [1.807, 2.05) is 51.1 Å². The van der Waals surface area contributed by atoms with Crippen LogP contribution in [0.2, 0.25) is 0 Å². The highest BCUT2D eigenvalue weighted by molar-refractivity contribution is 5.96. The summed E-state index contributed by atoms with van der Waals surface area (Å²) in [5.74, 6) is -0.680. The van der Waals surface area contributed by atoms with Crippen LogP contribution < -0.4 is 10.6 Å². The summed E-state index contributed by atoms with van der Waals surface area (Å²) in [6.45, 7) is 6.01. The van der Waals surface area contributed by atoms with E-state index in [1.165, 1.54) is 4.90 Å². The van der Waals surface area contributed by atoms with Crippen LogP contribution in [0.4, 0.5) is 5.69 Å². The molecule has 28 heavy (non-hydrogen) atoms. The first-order chi connectivity index (χ1) is 13.3. The number of rotatable bonds is 7. The van der Waals surface area contributed by atoms with Crippen molar-refractivity contribution < 1.29 is 14.4 Å². The smallest absolute Gasteiger partial charge is 0.251 e. The molecule has 2 N–H and O–H groups in total. The lowest BCUT2D eigenvalue weighted by atomic mass is 10.1. The number of hydrogen-bond donors (Lipinski definition) is 2. The molecule has 0 aromatic heterocycles. The quantitative estimate of drug-likeness (QED) is 0.774. The second-order valence-electron chi connectivity index (χ2n) is 6.92. The Balaban J connectivity index is 1.78. The number of carbonyl (C=O) groups is 3. The molecule has 0 spiro atoms. The van der Waals surface area contributed by atoms with Gasteiger partial charge in [-0.15, -0.1) is 0 Å². The fourth-order valence-electron chi connectivity index (χ4n) is 2.74. The van der Waals surface area contributed by atoms with Gasteiger partial charge in [0.05, 0.1) is 6.54 Å². The van der Waals surface area contributed by atoms with Gasteiger partial charge in [-0.05, 0) is 50.1 Å². The molecule has 0 heterocycles. The van der Waals surface area contributed by atoms with Gasteiger partial charge in [0, 0.05) is 31.3 Å². The number of aryl methyl sites for hydroxylation is 2. The molecule has 0 fully saturated rings. The highest BCUT2D eigenvalue weighted by atomic mass is 16.2. The van der Waals surface area contributed by atoms with Crippen LogP contribution in [-0.2, 0) is 9.59 Å². The Bertz CT molecular complexity index is 877. The maximum Gasteiger partial charge on any atom is 0.251 e. The Hall–Kier alpha value is -3.15. The van der Waals surface area contributed by atoms with Gasteiger partial charge in [0.1, 0.15) is 0 Å². The van der Waals surface area contributed by atoms with Crippen molar-refractivity contribution in [3.05, 3.63) is 64.7 Å². The molecular weight excluding hydrogens is 354 g/mol. The number of hydrogen-bond acceptors (Lipinski definition) is 3. The van der Waals surface area contributed by atoms with Crippen LogP contribution >= 0.6 is 0 Å². The van der Waals surface area contributed by atoms with Gasteiger partial charge in [-0.2, -0.15) is 0 Å². The number of amides is 3. The van der Waals surface area contributed by atoms with E-state index in [1.54, 1.807) is 19.2 Å². The normalized spacial score (nSPS) is 10.3. The summed E-state index contributed by atoms with van der Waals surface area (Å²) in [6, 6.07) is 12.9. The highest BCUT2D eigenvalue weighted by Gasteiger charge is 2.14. The first kappa shape index (κ1) is 21.2. The maximum atomic E-state index is 12.2. The molecule has 0 aliphatic rings. The summed E-state index contributed by atoms with van der Waals surface area (Å²) in [6.07, 6.45) is 0.130. The minimum absolute atomic E-state index is 0.0436. The number of nitrogens with zero attached hydrogens (tertiary/aromatic N) is 1. The second-order valence-corrected chi connectivity index (χ2v) is 6.92. The summed E-state index contributed by atoms with van der Waals surface area (Å²) < 4.78 is 0. The number of likely N-dealkylation sites (N-methyl/N-ethyl adjacent to an activating group) is 1. The Morgan fingerprint density at radius 2 is 1.71 bits per heavy atom. The van der Waals surface area contributed by atoms with Crippen molar-refractivity contribution in [1.29, 1.82) is 0 Å². The molecule has 6 nitrogen and oxygen atoms in total. The number of anilines is 1. The van der Waals surface area contributed by atoms with Gasteiger partial charge >= 0.3 is 0 Å². The second kappa shape index (κ2) is 9.69. The number of nitrogens with one attached hydrogen (secondary N) is 2. The van der Waals surface area contributed by atoms with E-state index in [-0.39, 0.29) is 37.2 Å². The molecule has 2 aromatic carbocycles. The van der Waals surface area contributed by atoms with Crippen LogP contribution in [0.5, 0.6) is 0 Å². The molecule has 0 unspecified atom stereocenters. The van der Waals surface area contributed by atoms with Crippen molar-refractivity contribution in [1.82, 2.24) is 10.2 Å². The van der Waals surface area contributed by atoms with Crippen molar-refractivity contribution in [3.63, 3.8) is 0 Å². The van der Waals surface area contributed by atoms with E-state index < -0.39 is 0 Å². The lowest BCUT2D eigenvalue weighted by Crippen LogP contribution is -2.37. The molecule has 2 aromatic rings. The third-order valence-electron chi connectivity index (χ3n) is 4.59. The first-order valence-electron chi connectivity index (χ1n) is 9.23. The van der Waals surface area contributed by atoms with Gasteiger partial charge < -0.3 is 15.5 Å². The van der Waals surface area contributed by atoms with Crippen molar-refractivity contribution in [2.75, 3.05) is 25.5 Å². The molecule has 3 amide bonds. The van der Waals surface area contributed by atoms with Crippen LogP contribution in [0.3, 0.4) is 0 Å². The van der Waals surface area contributed by atoms with E-state index in [0.717, 1.165) is 22.4 Å². The van der Waals surface area contributed by atoms with E-state index in [4.69, 9.17) is 0 Å². The molecule has 0 bridgehead atoms.